The first-order valence-corrected chi connectivity index (χ1v) is 18.4. The van der Waals surface area contributed by atoms with Crippen molar-refractivity contribution in [1.29, 1.82) is 0 Å². The summed E-state index contributed by atoms with van der Waals surface area (Å²) in [6, 6.07) is 30.5. The van der Waals surface area contributed by atoms with Gasteiger partial charge in [0.25, 0.3) is 8.32 Å². The third-order valence-electron chi connectivity index (χ3n) is 9.19. The van der Waals surface area contributed by atoms with Gasteiger partial charge in [0, 0.05) is 0 Å². The van der Waals surface area contributed by atoms with Gasteiger partial charge in [0.15, 0.2) is 0 Å². The highest BCUT2D eigenvalue weighted by atomic mass is 28.4. The fourth-order valence-corrected chi connectivity index (χ4v) is 9.28. The van der Waals surface area contributed by atoms with E-state index in [-0.39, 0.29) is 33.4 Å². The molecule has 6 rings (SSSR count). The van der Waals surface area contributed by atoms with Gasteiger partial charge in [0.1, 0.15) is 0 Å². The molecule has 7 N–H and O–H groups in total. The van der Waals surface area contributed by atoms with Gasteiger partial charge >= 0.3 is 35.8 Å². The molecule has 0 amide bonds. The average Bonchev–Trinajstić information content (AvgIpc) is 3.20. The maximum Gasteiger partial charge on any atom is 0.335 e. The van der Waals surface area contributed by atoms with Crippen LogP contribution >= 0.6 is 0 Å². The van der Waals surface area contributed by atoms with Crippen LogP contribution in [0.1, 0.15) is 62.1 Å². The number of hydrogen-bond donors (Lipinski definition) is 7. The summed E-state index contributed by atoms with van der Waals surface area (Å²) in [6.07, 6.45) is 0. The zero-order chi connectivity index (χ0) is 40.5. The lowest BCUT2D eigenvalue weighted by Crippen LogP contribution is -2.67. The Morgan fingerprint density at radius 1 is 0.286 bits per heavy atom. The highest BCUT2D eigenvalue weighted by molar-refractivity contribution is 7.06. The third-order valence-corrected chi connectivity index (χ3v) is 12.7. The molecule has 0 fully saturated rings. The Morgan fingerprint density at radius 2 is 0.464 bits per heavy atom. The quantitative estimate of drug-likeness (QED) is 0.0652. The van der Waals surface area contributed by atoms with E-state index in [9.17, 15) is 64.2 Å². The van der Waals surface area contributed by atoms with Gasteiger partial charge in [-0.15, -0.1) is 0 Å². The first-order chi connectivity index (χ1) is 26.5. The Bertz CT molecular complexity index is 2210. The SMILES string of the molecule is O=C(O)c1cc(C(=O)O)cc(-c2ccc([Si](O)(c3ccc(-c4cc(C(=O)O)cc(C(=O)O)c4)cc3)c3ccc(-c4cc(C(=O)O)cc(C(=O)O)c4)cc3)cc2)c1. The van der Waals surface area contributed by atoms with E-state index >= 15 is 0 Å². The number of carboxylic acids is 6. The molecule has 0 radical (unpaired) electrons. The van der Waals surface area contributed by atoms with Crippen molar-refractivity contribution in [1.82, 2.24) is 0 Å². The Kier molecular flexibility index (Phi) is 10.2. The molecule has 278 valence electrons. The summed E-state index contributed by atoms with van der Waals surface area (Å²) < 4.78 is 0. The van der Waals surface area contributed by atoms with Crippen LogP contribution in [0.25, 0.3) is 33.4 Å². The fraction of sp³-hybridized carbons (Fsp3) is 0. The summed E-state index contributed by atoms with van der Waals surface area (Å²) in [4.78, 5) is 83.4. The maximum absolute atomic E-state index is 12.9. The predicted octanol–water partition coefficient (Wildman–Crippen LogP) is 4.84. The third kappa shape index (κ3) is 7.54. The average molecular weight is 769 g/mol. The standard InChI is InChI=1S/C42H28O13Si/c43-37(44)28-13-25(14-29(19-28)38(45)46)22-1-7-34(8-2-22)56(55,35-9-3-23(4-10-35)26-15-30(39(47)48)20-31(16-26)40(49)50)36-11-5-24(6-12-36)27-17-32(41(51)52)21-33(18-27)42(53)54/h1-21,55H,(H,43,44)(H,45,46)(H,47,48)(H,49,50)(H,51,52)(H,53,54). The number of benzene rings is 6. The van der Waals surface area contributed by atoms with E-state index in [4.69, 9.17) is 0 Å². The molecule has 0 saturated heterocycles. The molecular formula is C42H28O13Si. The van der Waals surface area contributed by atoms with Gasteiger partial charge in [-0.2, -0.15) is 0 Å². The van der Waals surface area contributed by atoms with Gasteiger partial charge in [0.2, 0.25) is 0 Å². The van der Waals surface area contributed by atoms with Crippen molar-refractivity contribution in [3.05, 3.63) is 161 Å². The van der Waals surface area contributed by atoms with Crippen molar-refractivity contribution in [3.8, 4) is 33.4 Å². The van der Waals surface area contributed by atoms with Gasteiger partial charge in [-0.25, -0.2) is 28.8 Å². The van der Waals surface area contributed by atoms with E-state index < -0.39 is 44.1 Å². The Balaban J connectivity index is 1.48. The summed E-state index contributed by atoms with van der Waals surface area (Å²) in [6.45, 7) is 0. The zero-order valence-electron chi connectivity index (χ0n) is 28.7. The zero-order valence-corrected chi connectivity index (χ0v) is 29.7. The molecule has 0 unspecified atom stereocenters. The second kappa shape index (κ2) is 15.0. The highest BCUT2D eigenvalue weighted by Crippen LogP contribution is 2.26. The van der Waals surface area contributed by atoms with E-state index in [0.717, 1.165) is 18.2 Å². The van der Waals surface area contributed by atoms with Crippen LogP contribution < -0.4 is 15.6 Å². The van der Waals surface area contributed by atoms with Crippen molar-refractivity contribution in [2.24, 2.45) is 0 Å². The Hall–Kier alpha value is -7.68. The maximum atomic E-state index is 12.9. The molecule has 6 aromatic carbocycles. The van der Waals surface area contributed by atoms with E-state index in [1.54, 1.807) is 72.8 Å². The van der Waals surface area contributed by atoms with Crippen LogP contribution in [0.4, 0.5) is 0 Å². The molecule has 0 heterocycles. The second-order valence-corrected chi connectivity index (χ2v) is 15.8. The normalized spacial score (nSPS) is 11.1. The van der Waals surface area contributed by atoms with Crippen molar-refractivity contribution in [3.63, 3.8) is 0 Å². The van der Waals surface area contributed by atoms with Gasteiger partial charge in [-0.1, -0.05) is 72.8 Å². The minimum Gasteiger partial charge on any atom is -0.478 e. The topological polar surface area (TPSA) is 244 Å². The molecule has 0 spiro atoms. The van der Waals surface area contributed by atoms with Crippen LogP contribution in [0, 0.1) is 0 Å². The fourth-order valence-electron chi connectivity index (χ4n) is 6.34. The van der Waals surface area contributed by atoms with Gasteiger partial charge < -0.3 is 35.4 Å². The summed E-state index contributed by atoms with van der Waals surface area (Å²) >= 11 is 0. The summed E-state index contributed by atoms with van der Waals surface area (Å²) in [7, 11) is -3.99. The van der Waals surface area contributed by atoms with Gasteiger partial charge in [0.05, 0.1) is 33.4 Å². The van der Waals surface area contributed by atoms with Crippen LogP contribution in [-0.4, -0.2) is 79.6 Å². The molecule has 56 heavy (non-hydrogen) atoms. The molecule has 0 aliphatic carbocycles. The van der Waals surface area contributed by atoms with Crippen molar-refractivity contribution in [2.45, 2.75) is 0 Å². The molecule has 0 aromatic heterocycles. The first kappa shape index (κ1) is 38.1. The van der Waals surface area contributed by atoms with Crippen LogP contribution in [0.2, 0.25) is 0 Å². The number of hydrogen-bond acceptors (Lipinski definition) is 7. The number of aromatic carboxylic acids is 6. The molecule has 0 aliphatic rings. The molecule has 14 heteroatoms. The van der Waals surface area contributed by atoms with Crippen LogP contribution in [-0.2, 0) is 0 Å². The van der Waals surface area contributed by atoms with Gasteiger partial charge in [-0.05, 0) is 104 Å². The van der Waals surface area contributed by atoms with Crippen LogP contribution in [0.5, 0.6) is 0 Å². The van der Waals surface area contributed by atoms with E-state index in [2.05, 4.69) is 0 Å². The molecule has 13 nitrogen and oxygen atoms in total. The minimum absolute atomic E-state index is 0.233. The molecule has 0 atom stereocenters. The Labute approximate surface area is 317 Å². The molecule has 0 aliphatic heterocycles. The number of carboxylic acid groups (broad SMARTS) is 6. The van der Waals surface area contributed by atoms with E-state index in [1.807, 2.05) is 0 Å². The lowest BCUT2D eigenvalue weighted by molar-refractivity contribution is 0.0676. The van der Waals surface area contributed by atoms with Crippen molar-refractivity contribution >= 4 is 59.7 Å². The lowest BCUT2D eigenvalue weighted by Gasteiger charge is -2.28. The molecular weight excluding hydrogens is 741 g/mol. The van der Waals surface area contributed by atoms with Crippen molar-refractivity contribution < 1.29 is 64.2 Å². The first-order valence-electron chi connectivity index (χ1n) is 16.5. The Morgan fingerprint density at radius 3 is 0.625 bits per heavy atom. The number of rotatable bonds is 12. The molecule has 0 saturated carbocycles. The van der Waals surface area contributed by atoms with Crippen LogP contribution in [0.3, 0.4) is 0 Å². The smallest absolute Gasteiger partial charge is 0.335 e. The summed E-state index contributed by atoms with van der Waals surface area (Å²) in [5.41, 5.74) is 0.904. The minimum atomic E-state index is -3.99. The van der Waals surface area contributed by atoms with Crippen LogP contribution in [0.15, 0.2) is 127 Å². The largest absolute Gasteiger partial charge is 0.478 e. The highest BCUT2D eigenvalue weighted by Gasteiger charge is 2.38. The second-order valence-electron chi connectivity index (χ2n) is 12.7. The summed E-state index contributed by atoms with van der Waals surface area (Å²) in [5.74, 6) is -7.90. The summed E-state index contributed by atoms with van der Waals surface area (Å²) in [5, 5.41) is 58.8. The number of carbonyl (C=O) groups is 6. The predicted molar refractivity (Wildman–Crippen MR) is 204 cm³/mol. The van der Waals surface area contributed by atoms with E-state index in [0.29, 0.717) is 48.9 Å². The lowest BCUT2D eigenvalue weighted by atomic mass is 9.99. The van der Waals surface area contributed by atoms with Crippen molar-refractivity contribution in [2.75, 3.05) is 0 Å². The molecule has 0 bridgehead atoms. The molecule has 6 aromatic rings. The van der Waals surface area contributed by atoms with E-state index in [1.165, 1.54) is 36.4 Å². The van der Waals surface area contributed by atoms with Gasteiger partial charge in [-0.3, -0.25) is 0 Å². The monoisotopic (exact) mass is 768 g/mol.